The van der Waals surface area contributed by atoms with Crippen molar-refractivity contribution in [2.75, 3.05) is 0 Å². The van der Waals surface area contributed by atoms with Gasteiger partial charge in [0, 0.05) is 17.5 Å². The number of amides is 1. The summed E-state index contributed by atoms with van der Waals surface area (Å²) in [5, 5.41) is 3.19. The van der Waals surface area contributed by atoms with Crippen LogP contribution in [-0.4, -0.2) is 10.9 Å². The predicted molar refractivity (Wildman–Crippen MR) is 105 cm³/mol. The largest absolute Gasteiger partial charge is 0.351 e. The summed E-state index contributed by atoms with van der Waals surface area (Å²) < 4.78 is 0. The normalized spacial score (nSPS) is 31.9. The number of thiophene rings is 1. The molecule has 1 amide bonds. The van der Waals surface area contributed by atoms with Gasteiger partial charge in [-0.2, -0.15) is 0 Å². The van der Waals surface area contributed by atoms with Gasteiger partial charge in [-0.15, -0.1) is 11.3 Å². The Labute approximate surface area is 159 Å². The Bertz CT molecular complexity index is 762. The van der Waals surface area contributed by atoms with Crippen LogP contribution >= 0.6 is 11.3 Å². The number of hydrogen-bond acceptors (Lipinski definition) is 3. The lowest BCUT2D eigenvalue weighted by molar-refractivity contribution is -0.129. The van der Waals surface area contributed by atoms with Crippen molar-refractivity contribution in [3.05, 3.63) is 41.4 Å². The van der Waals surface area contributed by atoms with E-state index in [4.69, 9.17) is 0 Å². The summed E-state index contributed by atoms with van der Waals surface area (Å²) >= 11 is 1.72. The third kappa shape index (κ3) is 3.20. The number of rotatable bonds is 5. The number of nitrogens with one attached hydrogen (secondary N) is 1. The van der Waals surface area contributed by atoms with Crippen LogP contribution in [0.3, 0.4) is 0 Å². The first-order valence-electron chi connectivity index (χ1n) is 9.94. The van der Waals surface area contributed by atoms with Gasteiger partial charge in [0.25, 0.3) is 0 Å². The maximum absolute atomic E-state index is 12.7. The molecule has 0 radical (unpaired) electrons. The Morgan fingerprint density at radius 1 is 1.08 bits per heavy atom. The molecule has 26 heavy (non-hydrogen) atoms. The van der Waals surface area contributed by atoms with Crippen molar-refractivity contribution in [1.82, 2.24) is 10.3 Å². The SMILES string of the molecule is O=C(CC12CC3CC(CC(C3)C1)C2)NCc1ccc(-c2ccccn2)s1. The van der Waals surface area contributed by atoms with E-state index in [2.05, 4.69) is 22.4 Å². The molecular weight excluding hydrogens is 340 g/mol. The number of nitrogens with zero attached hydrogens (tertiary/aromatic N) is 1. The summed E-state index contributed by atoms with van der Waals surface area (Å²) in [5.74, 6) is 2.98. The van der Waals surface area contributed by atoms with E-state index in [-0.39, 0.29) is 5.91 Å². The minimum absolute atomic E-state index is 0.250. The average molecular weight is 367 g/mol. The lowest BCUT2D eigenvalue weighted by atomic mass is 9.49. The highest BCUT2D eigenvalue weighted by atomic mass is 32.1. The molecule has 2 aromatic heterocycles. The maximum Gasteiger partial charge on any atom is 0.220 e. The van der Waals surface area contributed by atoms with Crippen LogP contribution in [0.15, 0.2) is 36.5 Å². The number of pyridine rings is 1. The minimum atomic E-state index is 0.250. The summed E-state index contributed by atoms with van der Waals surface area (Å²) in [5.41, 5.74) is 1.33. The van der Waals surface area contributed by atoms with Gasteiger partial charge in [-0.25, -0.2) is 0 Å². The smallest absolute Gasteiger partial charge is 0.220 e. The first-order valence-corrected chi connectivity index (χ1v) is 10.8. The maximum atomic E-state index is 12.7. The molecule has 0 aliphatic heterocycles. The van der Waals surface area contributed by atoms with Crippen molar-refractivity contribution < 1.29 is 4.79 Å². The van der Waals surface area contributed by atoms with E-state index in [1.807, 2.05) is 24.4 Å². The van der Waals surface area contributed by atoms with Crippen molar-refractivity contribution in [3.63, 3.8) is 0 Å². The Kier molecular flexibility index (Phi) is 4.11. The summed E-state index contributed by atoms with van der Waals surface area (Å²) in [6, 6.07) is 10.2. The van der Waals surface area contributed by atoms with Crippen LogP contribution in [0.1, 0.15) is 49.8 Å². The van der Waals surface area contributed by atoms with E-state index < -0.39 is 0 Å². The fraction of sp³-hybridized carbons (Fsp3) is 0.545. The van der Waals surface area contributed by atoms with E-state index in [1.54, 1.807) is 11.3 Å². The van der Waals surface area contributed by atoms with Crippen LogP contribution in [0.5, 0.6) is 0 Å². The molecule has 4 heteroatoms. The van der Waals surface area contributed by atoms with Gasteiger partial charge < -0.3 is 5.32 Å². The molecule has 0 spiro atoms. The fourth-order valence-corrected chi connectivity index (χ4v) is 7.14. The van der Waals surface area contributed by atoms with Crippen molar-refractivity contribution >= 4 is 17.2 Å². The number of hydrogen-bond donors (Lipinski definition) is 1. The third-order valence-corrected chi connectivity index (χ3v) is 7.85. The molecule has 1 N–H and O–H groups in total. The van der Waals surface area contributed by atoms with Gasteiger partial charge in [0.05, 0.1) is 17.1 Å². The summed E-state index contributed by atoms with van der Waals surface area (Å²) in [7, 11) is 0. The zero-order valence-corrected chi connectivity index (χ0v) is 15.9. The molecule has 0 atom stereocenters. The molecular formula is C22H26N2OS. The monoisotopic (exact) mass is 366 g/mol. The molecule has 0 aromatic carbocycles. The second kappa shape index (κ2) is 6.49. The molecule has 6 rings (SSSR count). The Morgan fingerprint density at radius 2 is 1.81 bits per heavy atom. The molecule has 3 nitrogen and oxygen atoms in total. The number of carbonyl (C=O) groups excluding carboxylic acids is 1. The lowest BCUT2D eigenvalue weighted by Gasteiger charge is -2.56. The van der Waals surface area contributed by atoms with Crippen LogP contribution in [0.4, 0.5) is 0 Å². The highest BCUT2D eigenvalue weighted by Gasteiger charge is 2.51. The second-order valence-electron chi connectivity index (χ2n) is 8.85. The van der Waals surface area contributed by atoms with Gasteiger partial charge in [-0.1, -0.05) is 6.07 Å². The summed E-state index contributed by atoms with van der Waals surface area (Å²) in [6.07, 6.45) is 10.8. The molecule has 136 valence electrons. The summed E-state index contributed by atoms with van der Waals surface area (Å²) in [6.45, 7) is 0.642. The van der Waals surface area contributed by atoms with Gasteiger partial charge in [-0.05, 0) is 86.0 Å². The number of carbonyl (C=O) groups is 1. The van der Waals surface area contributed by atoms with E-state index in [0.717, 1.165) is 34.7 Å². The van der Waals surface area contributed by atoms with Gasteiger partial charge in [0.15, 0.2) is 0 Å². The molecule has 2 heterocycles. The number of aromatic nitrogens is 1. The highest BCUT2D eigenvalue weighted by Crippen LogP contribution is 2.61. The van der Waals surface area contributed by atoms with Crippen LogP contribution in [0.25, 0.3) is 10.6 Å². The van der Waals surface area contributed by atoms with Crippen LogP contribution in [0.2, 0.25) is 0 Å². The van der Waals surface area contributed by atoms with Gasteiger partial charge in [0.1, 0.15) is 0 Å². The van der Waals surface area contributed by atoms with E-state index in [0.29, 0.717) is 12.0 Å². The Hall–Kier alpha value is -1.68. The summed E-state index contributed by atoms with van der Waals surface area (Å²) in [4.78, 5) is 19.4. The molecule has 2 aromatic rings. The molecule has 4 aliphatic carbocycles. The van der Waals surface area contributed by atoms with E-state index in [9.17, 15) is 4.79 Å². The topological polar surface area (TPSA) is 42.0 Å². The van der Waals surface area contributed by atoms with Crippen LogP contribution in [-0.2, 0) is 11.3 Å². The first kappa shape index (κ1) is 16.5. The quantitative estimate of drug-likeness (QED) is 0.806. The van der Waals surface area contributed by atoms with Gasteiger partial charge >= 0.3 is 0 Å². The van der Waals surface area contributed by atoms with Crippen LogP contribution < -0.4 is 5.32 Å². The van der Waals surface area contributed by atoms with Crippen molar-refractivity contribution in [1.29, 1.82) is 0 Å². The van der Waals surface area contributed by atoms with E-state index in [1.165, 1.54) is 43.4 Å². The lowest BCUT2D eigenvalue weighted by Crippen LogP contribution is -2.47. The third-order valence-electron chi connectivity index (χ3n) is 6.74. The molecule has 4 aliphatic rings. The standard InChI is InChI=1S/C22H26N2OS/c25-21(13-22-10-15-7-16(11-22)9-17(8-15)12-22)24-14-18-4-5-20(26-18)19-3-1-2-6-23-19/h1-6,15-17H,7-14H2,(H,24,25). The van der Waals surface area contributed by atoms with Crippen LogP contribution in [0, 0.1) is 23.2 Å². The second-order valence-corrected chi connectivity index (χ2v) is 10.0. The zero-order chi connectivity index (χ0) is 17.6. The van der Waals surface area contributed by atoms with Crippen molar-refractivity contribution in [2.24, 2.45) is 23.2 Å². The van der Waals surface area contributed by atoms with Crippen molar-refractivity contribution in [3.8, 4) is 10.6 Å². The Morgan fingerprint density at radius 3 is 2.46 bits per heavy atom. The first-order chi connectivity index (χ1) is 12.7. The van der Waals surface area contributed by atoms with Gasteiger partial charge in [0.2, 0.25) is 5.91 Å². The molecule has 0 saturated heterocycles. The molecule has 4 saturated carbocycles. The minimum Gasteiger partial charge on any atom is -0.351 e. The molecule has 4 fully saturated rings. The molecule has 0 unspecified atom stereocenters. The average Bonchev–Trinajstić information content (AvgIpc) is 3.08. The fourth-order valence-electron chi connectivity index (χ4n) is 6.21. The van der Waals surface area contributed by atoms with Gasteiger partial charge in [-0.3, -0.25) is 9.78 Å². The van der Waals surface area contributed by atoms with Crippen molar-refractivity contribution in [2.45, 2.75) is 51.5 Å². The predicted octanol–water partition coefficient (Wildman–Crippen LogP) is 5.03. The highest BCUT2D eigenvalue weighted by molar-refractivity contribution is 7.15. The zero-order valence-electron chi connectivity index (χ0n) is 15.1. The van der Waals surface area contributed by atoms with E-state index >= 15 is 0 Å². The molecule has 4 bridgehead atoms. The Balaban J connectivity index is 1.19.